The highest BCUT2D eigenvalue weighted by Gasteiger charge is 2.53. The minimum Gasteiger partial charge on any atom is -0.420 e. The number of carbonyl (C=O) groups excluding carboxylic acids is 1. The number of carbonyl (C=O) groups is 1. The number of halogens is 2. The van der Waals surface area contributed by atoms with Gasteiger partial charge < -0.3 is 14.0 Å². The zero-order valence-corrected chi connectivity index (χ0v) is 18.2. The van der Waals surface area contributed by atoms with E-state index in [1.807, 2.05) is 33.8 Å². The molecule has 7 heteroatoms. The first kappa shape index (κ1) is 22.0. The fourth-order valence-electron chi connectivity index (χ4n) is 3.32. The monoisotopic (exact) mass is 406 g/mol. The van der Waals surface area contributed by atoms with Gasteiger partial charge in [-0.25, -0.2) is 8.78 Å². The van der Waals surface area contributed by atoms with Gasteiger partial charge in [-0.05, 0) is 90.4 Å². The van der Waals surface area contributed by atoms with Crippen LogP contribution in [0.1, 0.15) is 72.4 Å². The van der Waals surface area contributed by atoms with Gasteiger partial charge in [0, 0.05) is 0 Å². The minimum atomic E-state index is -0.914. The Hall–Kier alpha value is -1.73. The van der Waals surface area contributed by atoms with E-state index in [4.69, 9.17) is 14.0 Å². The van der Waals surface area contributed by atoms with Crippen LogP contribution in [-0.4, -0.2) is 24.3 Å². The van der Waals surface area contributed by atoms with Crippen molar-refractivity contribution < 1.29 is 27.6 Å². The van der Waals surface area contributed by atoms with Crippen molar-refractivity contribution in [1.29, 1.82) is 0 Å². The summed E-state index contributed by atoms with van der Waals surface area (Å²) < 4.78 is 47.5. The number of allylic oxidation sites excluding steroid dienone is 1. The second kappa shape index (κ2) is 7.20. The first-order chi connectivity index (χ1) is 13.2. The van der Waals surface area contributed by atoms with E-state index < -0.39 is 47.1 Å². The Balaban J connectivity index is 2.03. The van der Waals surface area contributed by atoms with Crippen LogP contribution in [0.2, 0.25) is 0 Å². The number of fused-ring (bicyclic) bond motifs is 1. The number of hydrogen-bond acceptors (Lipinski definition) is 4. The first-order valence-corrected chi connectivity index (χ1v) is 10.0. The summed E-state index contributed by atoms with van der Waals surface area (Å²) in [7, 11) is -0.723. The summed E-state index contributed by atoms with van der Waals surface area (Å²) in [5.74, 6) is -3.07. The van der Waals surface area contributed by atoms with Gasteiger partial charge in [-0.3, -0.25) is 4.79 Å². The molecular weight excluding hydrogens is 377 g/mol. The molecular formula is C22H29BF2O4. The molecule has 29 heavy (non-hydrogen) atoms. The van der Waals surface area contributed by atoms with E-state index in [9.17, 15) is 9.18 Å². The third-order valence-corrected chi connectivity index (χ3v) is 5.90. The van der Waals surface area contributed by atoms with Crippen LogP contribution in [0.25, 0.3) is 5.47 Å². The third-order valence-electron chi connectivity index (χ3n) is 5.90. The molecule has 0 unspecified atom stereocenters. The van der Waals surface area contributed by atoms with Crippen LogP contribution < -0.4 is 4.74 Å². The summed E-state index contributed by atoms with van der Waals surface area (Å²) in [5, 5.41) is 0. The number of esters is 1. The highest BCUT2D eigenvalue weighted by Crippen LogP contribution is 2.43. The molecule has 1 fully saturated rings. The topological polar surface area (TPSA) is 44.8 Å². The van der Waals surface area contributed by atoms with Crippen molar-refractivity contribution >= 4 is 18.6 Å². The summed E-state index contributed by atoms with van der Waals surface area (Å²) in [6, 6.07) is 1.23. The molecule has 1 aliphatic heterocycles. The van der Waals surface area contributed by atoms with E-state index in [1.54, 1.807) is 20.8 Å². The van der Waals surface area contributed by atoms with E-state index in [2.05, 4.69) is 0 Å². The predicted molar refractivity (Wildman–Crippen MR) is 108 cm³/mol. The van der Waals surface area contributed by atoms with Crippen LogP contribution in [0.15, 0.2) is 12.1 Å². The predicted octanol–water partition coefficient (Wildman–Crippen LogP) is 5.27. The molecule has 0 bridgehead atoms. The van der Waals surface area contributed by atoms with Crippen molar-refractivity contribution in [2.75, 3.05) is 0 Å². The SMILES string of the molecule is CC(C)(C)C(=O)Oc1c(F)cc2c(c1F)CCCC=C2B1OC(C)(C)C(C)(C)O1. The van der Waals surface area contributed by atoms with Crippen molar-refractivity contribution in [1.82, 2.24) is 0 Å². The molecule has 3 rings (SSSR count). The lowest BCUT2D eigenvalue weighted by Crippen LogP contribution is -2.41. The number of rotatable bonds is 2. The molecule has 1 saturated heterocycles. The number of hydrogen-bond donors (Lipinski definition) is 0. The van der Waals surface area contributed by atoms with Gasteiger partial charge in [-0.15, -0.1) is 0 Å². The molecule has 0 N–H and O–H groups in total. The van der Waals surface area contributed by atoms with Crippen molar-refractivity contribution in [3.63, 3.8) is 0 Å². The summed E-state index contributed by atoms with van der Waals surface area (Å²) in [6.45, 7) is 12.6. The van der Waals surface area contributed by atoms with Crippen LogP contribution >= 0.6 is 0 Å². The van der Waals surface area contributed by atoms with Crippen molar-refractivity contribution in [2.24, 2.45) is 5.41 Å². The largest absolute Gasteiger partial charge is 0.495 e. The Bertz CT molecular complexity index is 853. The average molecular weight is 406 g/mol. The van der Waals surface area contributed by atoms with Gasteiger partial charge in [-0.2, -0.15) is 0 Å². The summed E-state index contributed by atoms with van der Waals surface area (Å²) >= 11 is 0. The highest BCUT2D eigenvalue weighted by molar-refractivity contribution is 6.69. The number of ether oxygens (including phenoxy) is 1. The molecule has 158 valence electrons. The Morgan fingerprint density at radius 3 is 2.28 bits per heavy atom. The van der Waals surface area contributed by atoms with Crippen LogP contribution in [0.3, 0.4) is 0 Å². The average Bonchev–Trinajstić information content (AvgIpc) is 2.73. The maximum atomic E-state index is 15.3. The van der Waals surface area contributed by atoms with Crippen LogP contribution in [0.4, 0.5) is 8.78 Å². The lowest BCUT2D eigenvalue weighted by Gasteiger charge is -2.32. The Kier molecular flexibility index (Phi) is 5.46. The molecule has 1 heterocycles. The van der Waals surface area contributed by atoms with Crippen molar-refractivity contribution in [2.45, 2.75) is 78.9 Å². The molecule has 0 amide bonds. The second-order valence-corrected chi connectivity index (χ2v) is 9.81. The molecule has 0 radical (unpaired) electrons. The molecule has 0 saturated carbocycles. The molecule has 0 atom stereocenters. The fraction of sp³-hybridized carbons (Fsp3) is 0.591. The summed E-state index contributed by atoms with van der Waals surface area (Å²) in [6.07, 6.45) is 3.70. The number of benzene rings is 1. The highest BCUT2D eigenvalue weighted by atomic mass is 19.1. The second-order valence-electron chi connectivity index (χ2n) is 9.81. The van der Waals surface area contributed by atoms with Crippen LogP contribution in [-0.2, 0) is 20.5 Å². The Morgan fingerprint density at radius 2 is 1.72 bits per heavy atom. The fourth-order valence-corrected chi connectivity index (χ4v) is 3.32. The van der Waals surface area contributed by atoms with E-state index in [-0.39, 0.29) is 0 Å². The van der Waals surface area contributed by atoms with E-state index in [0.29, 0.717) is 35.9 Å². The zero-order valence-electron chi connectivity index (χ0n) is 18.2. The maximum Gasteiger partial charge on any atom is 0.495 e. The normalized spacial score (nSPS) is 20.7. The van der Waals surface area contributed by atoms with Gasteiger partial charge in [0.1, 0.15) is 0 Å². The van der Waals surface area contributed by atoms with E-state index in [0.717, 1.165) is 0 Å². The third kappa shape index (κ3) is 3.99. The first-order valence-electron chi connectivity index (χ1n) is 10.0. The van der Waals surface area contributed by atoms with E-state index >= 15 is 4.39 Å². The minimum absolute atomic E-state index is 0.321. The van der Waals surface area contributed by atoms with Gasteiger partial charge in [0.25, 0.3) is 0 Å². The van der Waals surface area contributed by atoms with E-state index in [1.165, 1.54) is 6.07 Å². The molecule has 1 aromatic rings. The summed E-state index contributed by atoms with van der Waals surface area (Å²) in [5.41, 5.74) is -0.663. The van der Waals surface area contributed by atoms with Crippen LogP contribution in [0.5, 0.6) is 5.75 Å². The van der Waals surface area contributed by atoms with Gasteiger partial charge in [0.05, 0.1) is 16.6 Å². The Labute approximate surface area is 171 Å². The molecule has 1 aliphatic carbocycles. The Morgan fingerprint density at radius 1 is 1.14 bits per heavy atom. The van der Waals surface area contributed by atoms with Gasteiger partial charge >= 0.3 is 13.1 Å². The maximum absolute atomic E-state index is 15.3. The lowest BCUT2D eigenvalue weighted by atomic mass is 9.72. The van der Waals surface area contributed by atoms with Gasteiger partial charge in [0.2, 0.25) is 5.75 Å². The standard InChI is InChI=1S/C22H29BF2O4/c1-20(2,3)19(26)27-18-16(24)12-14-13(17(18)25)10-8-9-11-15(14)23-28-21(4,5)22(6,7)29-23/h11-12H,8-10H2,1-7H3. The molecule has 4 nitrogen and oxygen atoms in total. The lowest BCUT2D eigenvalue weighted by molar-refractivity contribution is -0.143. The van der Waals surface area contributed by atoms with Crippen molar-refractivity contribution in [3.8, 4) is 5.75 Å². The van der Waals surface area contributed by atoms with Gasteiger partial charge in [-0.1, -0.05) is 6.08 Å². The molecule has 1 aromatic carbocycles. The van der Waals surface area contributed by atoms with Gasteiger partial charge in [0.15, 0.2) is 11.6 Å². The summed E-state index contributed by atoms with van der Waals surface area (Å²) in [4.78, 5) is 12.2. The molecule has 0 spiro atoms. The van der Waals surface area contributed by atoms with Crippen LogP contribution in [0, 0.1) is 17.0 Å². The smallest absolute Gasteiger partial charge is 0.420 e. The quantitative estimate of drug-likeness (QED) is 0.382. The zero-order chi connectivity index (χ0) is 21.8. The molecule has 2 aliphatic rings. The van der Waals surface area contributed by atoms with Crippen molar-refractivity contribution in [3.05, 3.63) is 34.9 Å². The molecule has 0 aromatic heterocycles.